The van der Waals surface area contributed by atoms with Crippen LogP contribution in [0.5, 0.6) is 0 Å². The van der Waals surface area contributed by atoms with Gasteiger partial charge in [0, 0.05) is 5.56 Å². The van der Waals surface area contributed by atoms with Gasteiger partial charge in [-0.05, 0) is 36.4 Å². The molecule has 0 atom stereocenters. The molecule has 0 amide bonds. The van der Waals surface area contributed by atoms with Crippen LogP contribution >= 0.6 is 0 Å². The molecule has 0 saturated heterocycles. The second-order valence-electron chi connectivity index (χ2n) is 4.63. The molecular formula is C17H12FN3O. The van der Waals surface area contributed by atoms with Crippen molar-refractivity contribution >= 4 is 11.9 Å². The van der Waals surface area contributed by atoms with E-state index in [4.69, 9.17) is 0 Å². The minimum atomic E-state index is -0.308. The third-order valence-corrected chi connectivity index (χ3v) is 3.07. The lowest BCUT2D eigenvalue weighted by Gasteiger charge is -1.97. The lowest BCUT2D eigenvalue weighted by Crippen LogP contribution is -1.94. The summed E-state index contributed by atoms with van der Waals surface area (Å²) in [4.78, 5) is 11.9. The highest BCUT2D eigenvalue weighted by Crippen LogP contribution is 2.09. The Balaban J connectivity index is 1.75. The number of allylic oxidation sites excluding steroid dienone is 1. The van der Waals surface area contributed by atoms with Gasteiger partial charge in [-0.1, -0.05) is 35.5 Å². The van der Waals surface area contributed by atoms with Crippen LogP contribution in [0.4, 0.5) is 4.39 Å². The van der Waals surface area contributed by atoms with Crippen molar-refractivity contribution in [1.82, 2.24) is 15.0 Å². The monoisotopic (exact) mass is 293 g/mol. The minimum Gasteiger partial charge on any atom is -0.289 e. The van der Waals surface area contributed by atoms with Gasteiger partial charge < -0.3 is 0 Å². The highest BCUT2D eigenvalue weighted by Gasteiger charge is 2.03. The fourth-order valence-corrected chi connectivity index (χ4v) is 1.93. The van der Waals surface area contributed by atoms with Gasteiger partial charge in [0.2, 0.25) is 0 Å². The summed E-state index contributed by atoms with van der Waals surface area (Å²) in [6.45, 7) is 0. The second-order valence-corrected chi connectivity index (χ2v) is 4.63. The third-order valence-electron chi connectivity index (χ3n) is 3.07. The predicted molar refractivity (Wildman–Crippen MR) is 81.1 cm³/mol. The van der Waals surface area contributed by atoms with E-state index >= 15 is 0 Å². The van der Waals surface area contributed by atoms with Crippen LogP contribution in [0.3, 0.4) is 0 Å². The van der Waals surface area contributed by atoms with Crippen molar-refractivity contribution in [3.63, 3.8) is 0 Å². The zero-order chi connectivity index (χ0) is 15.4. The van der Waals surface area contributed by atoms with Crippen molar-refractivity contribution in [3.05, 3.63) is 83.9 Å². The molecule has 1 heterocycles. The summed E-state index contributed by atoms with van der Waals surface area (Å²) in [7, 11) is 0. The van der Waals surface area contributed by atoms with Crippen LogP contribution in [0.2, 0.25) is 0 Å². The zero-order valence-electron chi connectivity index (χ0n) is 11.6. The van der Waals surface area contributed by atoms with Crippen LogP contribution in [-0.4, -0.2) is 20.8 Å². The summed E-state index contributed by atoms with van der Waals surface area (Å²) in [6, 6.07) is 14.9. The van der Waals surface area contributed by atoms with Crippen molar-refractivity contribution in [1.29, 1.82) is 0 Å². The van der Waals surface area contributed by atoms with Gasteiger partial charge in [0.05, 0.1) is 11.9 Å². The molecule has 0 radical (unpaired) electrons. The normalized spacial score (nSPS) is 11.0. The van der Waals surface area contributed by atoms with E-state index in [-0.39, 0.29) is 11.6 Å². The van der Waals surface area contributed by atoms with Gasteiger partial charge in [-0.3, -0.25) is 4.79 Å². The van der Waals surface area contributed by atoms with Crippen molar-refractivity contribution < 1.29 is 9.18 Å². The Morgan fingerprint density at radius 2 is 1.77 bits per heavy atom. The molecule has 1 aromatic heterocycles. The Hall–Kier alpha value is -3.08. The van der Waals surface area contributed by atoms with E-state index in [1.54, 1.807) is 36.5 Å². The largest absolute Gasteiger partial charge is 0.289 e. The molecule has 0 bridgehead atoms. The summed E-state index contributed by atoms with van der Waals surface area (Å²) < 4.78 is 14.4. The molecule has 0 aliphatic carbocycles. The number of hydrogen-bond acceptors (Lipinski definition) is 3. The predicted octanol–water partition coefficient (Wildman–Crippen LogP) is 3.30. The van der Waals surface area contributed by atoms with Gasteiger partial charge in [-0.2, -0.15) is 0 Å². The van der Waals surface area contributed by atoms with Crippen molar-refractivity contribution in [3.8, 4) is 5.69 Å². The molecule has 5 heteroatoms. The summed E-state index contributed by atoms with van der Waals surface area (Å²) in [5, 5.41) is 7.91. The fourth-order valence-electron chi connectivity index (χ4n) is 1.93. The van der Waals surface area contributed by atoms with Gasteiger partial charge in [-0.15, -0.1) is 5.10 Å². The summed E-state index contributed by atoms with van der Waals surface area (Å²) >= 11 is 0. The minimum absolute atomic E-state index is 0.100. The number of nitrogens with zero attached hydrogens (tertiary/aromatic N) is 3. The molecule has 0 aliphatic heterocycles. The Morgan fingerprint density at radius 3 is 2.50 bits per heavy atom. The molecule has 0 fully saturated rings. The van der Waals surface area contributed by atoms with Gasteiger partial charge in [0.15, 0.2) is 5.78 Å². The maximum atomic E-state index is 12.9. The highest BCUT2D eigenvalue weighted by molar-refractivity contribution is 6.06. The van der Waals surface area contributed by atoms with Crippen molar-refractivity contribution in [2.24, 2.45) is 0 Å². The second kappa shape index (κ2) is 6.13. The average Bonchev–Trinajstić information content (AvgIpc) is 3.03. The Kier molecular flexibility index (Phi) is 3.87. The first-order chi connectivity index (χ1) is 10.7. The van der Waals surface area contributed by atoms with Gasteiger partial charge >= 0.3 is 0 Å². The summed E-state index contributed by atoms with van der Waals surface area (Å²) in [5.74, 6) is -0.408. The van der Waals surface area contributed by atoms with E-state index in [9.17, 15) is 9.18 Å². The first-order valence-electron chi connectivity index (χ1n) is 6.68. The molecular weight excluding hydrogens is 281 g/mol. The maximum Gasteiger partial charge on any atom is 0.185 e. The lowest BCUT2D eigenvalue weighted by atomic mass is 10.1. The molecule has 0 spiro atoms. The quantitative estimate of drug-likeness (QED) is 0.548. The van der Waals surface area contributed by atoms with Crippen LogP contribution < -0.4 is 0 Å². The molecule has 0 N–H and O–H groups in total. The van der Waals surface area contributed by atoms with E-state index in [0.717, 1.165) is 0 Å². The zero-order valence-corrected chi connectivity index (χ0v) is 11.6. The number of carbonyl (C=O) groups excluding carboxylic acids is 1. The Bertz CT molecular complexity index is 807. The van der Waals surface area contributed by atoms with Crippen LogP contribution in [0, 0.1) is 5.82 Å². The number of halogens is 1. The van der Waals surface area contributed by atoms with E-state index in [1.165, 1.54) is 22.9 Å². The van der Waals surface area contributed by atoms with E-state index in [1.807, 2.05) is 18.2 Å². The molecule has 4 nitrogen and oxygen atoms in total. The SMILES string of the molecule is O=C(C=Cc1cn(-c2ccc(F)cc2)nn1)c1ccccc1. The number of carbonyl (C=O) groups is 1. The molecule has 0 aliphatic rings. The van der Waals surface area contributed by atoms with Crippen LogP contribution in [0.1, 0.15) is 16.1 Å². The summed E-state index contributed by atoms with van der Waals surface area (Å²) in [5.41, 5.74) is 1.86. The Morgan fingerprint density at radius 1 is 1.05 bits per heavy atom. The standard InChI is InChI=1S/C17H12FN3O/c18-14-6-9-16(10-7-14)21-12-15(19-20-21)8-11-17(22)13-4-2-1-3-5-13/h1-12H. The molecule has 3 rings (SSSR count). The number of rotatable bonds is 4. The number of aromatic nitrogens is 3. The molecule has 108 valence electrons. The first kappa shape index (κ1) is 13.9. The van der Waals surface area contributed by atoms with E-state index < -0.39 is 0 Å². The van der Waals surface area contributed by atoms with Crippen molar-refractivity contribution in [2.75, 3.05) is 0 Å². The van der Waals surface area contributed by atoms with E-state index in [0.29, 0.717) is 16.9 Å². The summed E-state index contributed by atoms with van der Waals surface area (Å²) in [6.07, 6.45) is 4.72. The van der Waals surface area contributed by atoms with Crippen LogP contribution in [0.15, 0.2) is 66.9 Å². The number of benzene rings is 2. The van der Waals surface area contributed by atoms with Gasteiger partial charge in [0.1, 0.15) is 11.5 Å². The average molecular weight is 293 g/mol. The fraction of sp³-hybridized carbons (Fsp3) is 0. The first-order valence-corrected chi connectivity index (χ1v) is 6.68. The van der Waals surface area contributed by atoms with Gasteiger partial charge in [0.25, 0.3) is 0 Å². The molecule has 2 aromatic carbocycles. The van der Waals surface area contributed by atoms with E-state index in [2.05, 4.69) is 10.3 Å². The smallest absolute Gasteiger partial charge is 0.185 e. The highest BCUT2D eigenvalue weighted by atomic mass is 19.1. The van der Waals surface area contributed by atoms with Crippen molar-refractivity contribution in [2.45, 2.75) is 0 Å². The maximum absolute atomic E-state index is 12.9. The number of hydrogen-bond donors (Lipinski definition) is 0. The molecule has 3 aromatic rings. The molecule has 0 saturated carbocycles. The van der Waals surface area contributed by atoms with Crippen LogP contribution in [0.25, 0.3) is 11.8 Å². The number of ketones is 1. The third kappa shape index (κ3) is 3.15. The molecule has 22 heavy (non-hydrogen) atoms. The topological polar surface area (TPSA) is 47.8 Å². The van der Waals surface area contributed by atoms with Gasteiger partial charge in [-0.25, -0.2) is 9.07 Å². The lowest BCUT2D eigenvalue weighted by molar-refractivity contribution is 0.104. The van der Waals surface area contributed by atoms with Crippen LogP contribution in [-0.2, 0) is 0 Å². The Labute approximate surface area is 126 Å². The molecule has 0 unspecified atom stereocenters.